The molecular weight excluding hydrogens is 246 g/mol. The molecule has 118 valence electrons. The largest absolute Gasteiger partial charge is 0.315 e. The fourth-order valence-corrected chi connectivity index (χ4v) is 3.78. The van der Waals surface area contributed by atoms with Crippen LogP contribution in [-0.2, 0) is 0 Å². The molecule has 0 bridgehead atoms. The van der Waals surface area contributed by atoms with Crippen molar-refractivity contribution in [2.45, 2.75) is 64.5 Å². The molecule has 0 aromatic heterocycles. The molecule has 0 aromatic rings. The number of rotatable bonds is 7. The summed E-state index contributed by atoms with van der Waals surface area (Å²) in [6, 6.07) is 1.64. The average molecular weight is 281 g/mol. The maximum Gasteiger partial charge on any atom is 0.0221 e. The molecule has 0 amide bonds. The van der Waals surface area contributed by atoms with E-state index in [1.54, 1.807) is 0 Å². The van der Waals surface area contributed by atoms with Gasteiger partial charge in [0.25, 0.3) is 0 Å². The zero-order valence-electron chi connectivity index (χ0n) is 13.9. The molecule has 3 nitrogen and oxygen atoms in total. The summed E-state index contributed by atoms with van der Waals surface area (Å²) in [6.07, 6.45) is 8.42. The standard InChI is InChI=1S/C17H35N3/c1-15(2)13-18-14-17-8-6-11-20(17)12-9-16-7-4-5-10-19(16)3/h15-18H,4-14H2,1-3H3. The Balaban J connectivity index is 1.68. The van der Waals surface area contributed by atoms with E-state index in [2.05, 4.69) is 36.0 Å². The summed E-state index contributed by atoms with van der Waals surface area (Å²) in [7, 11) is 2.31. The van der Waals surface area contributed by atoms with Gasteiger partial charge in [-0.3, -0.25) is 4.90 Å². The number of nitrogens with zero attached hydrogens (tertiary/aromatic N) is 2. The second kappa shape index (κ2) is 8.35. The molecule has 2 heterocycles. The van der Waals surface area contributed by atoms with Crippen molar-refractivity contribution in [1.29, 1.82) is 0 Å². The summed E-state index contributed by atoms with van der Waals surface area (Å²) in [6.45, 7) is 10.9. The number of hydrogen-bond acceptors (Lipinski definition) is 3. The van der Waals surface area contributed by atoms with Crippen molar-refractivity contribution >= 4 is 0 Å². The van der Waals surface area contributed by atoms with Gasteiger partial charge in [0.15, 0.2) is 0 Å². The molecule has 0 aromatic carbocycles. The Morgan fingerprint density at radius 2 is 1.85 bits per heavy atom. The Morgan fingerprint density at radius 3 is 2.60 bits per heavy atom. The van der Waals surface area contributed by atoms with Gasteiger partial charge in [0.1, 0.15) is 0 Å². The van der Waals surface area contributed by atoms with Crippen molar-refractivity contribution in [3.63, 3.8) is 0 Å². The maximum atomic E-state index is 3.65. The average Bonchev–Trinajstić information content (AvgIpc) is 2.85. The zero-order valence-corrected chi connectivity index (χ0v) is 13.9. The second-order valence-electron chi connectivity index (χ2n) is 7.30. The number of hydrogen-bond donors (Lipinski definition) is 1. The Kier molecular flexibility index (Phi) is 6.79. The van der Waals surface area contributed by atoms with Crippen LogP contribution in [0.4, 0.5) is 0 Å². The molecule has 2 unspecified atom stereocenters. The lowest BCUT2D eigenvalue weighted by atomic mass is 10.00. The van der Waals surface area contributed by atoms with Gasteiger partial charge in [-0.1, -0.05) is 20.3 Å². The van der Waals surface area contributed by atoms with Crippen LogP contribution in [0.2, 0.25) is 0 Å². The normalized spacial score (nSPS) is 29.4. The van der Waals surface area contributed by atoms with Gasteiger partial charge >= 0.3 is 0 Å². The molecule has 2 aliphatic rings. The van der Waals surface area contributed by atoms with Gasteiger partial charge in [0.2, 0.25) is 0 Å². The van der Waals surface area contributed by atoms with Crippen LogP contribution in [0, 0.1) is 5.92 Å². The van der Waals surface area contributed by atoms with Gasteiger partial charge in [-0.25, -0.2) is 0 Å². The highest BCUT2D eigenvalue weighted by atomic mass is 15.2. The minimum atomic E-state index is 0.765. The summed E-state index contributed by atoms with van der Waals surface area (Å²) in [5.74, 6) is 0.765. The van der Waals surface area contributed by atoms with Crippen LogP contribution in [0.25, 0.3) is 0 Å². The van der Waals surface area contributed by atoms with Crippen molar-refractivity contribution in [3.05, 3.63) is 0 Å². The van der Waals surface area contributed by atoms with E-state index < -0.39 is 0 Å². The number of piperidine rings is 1. The van der Waals surface area contributed by atoms with Crippen LogP contribution in [0.1, 0.15) is 52.4 Å². The highest BCUT2D eigenvalue weighted by molar-refractivity contribution is 4.83. The molecule has 2 rings (SSSR count). The van der Waals surface area contributed by atoms with E-state index >= 15 is 0 Å². The van der Waals surface area contributed by atoms with Crippen LogP contribution in [0.5, 0.6) is 0 Å². The first kappa shape index (κ1) is 16.3. The fraction of sp³-hybridized carbons (Fsp3) is 1.00. The predicted molar refractivity (Wildman–Crippen MR) is 87.2 cm³/mol. The molecule has 1 N–H and O–H groups in total. The van der Waals surface area contributed by atoms with Gasteiger partial charge < -0.3 is 10.2 Å². The fourth-order valence-electron chi connectivity index (χ4n) is 3.78. The van der Waals surface area contributed by atoms with E-state index in [1.165, 1.54) is 64.7 Å². The van der Waals surface area contributed by atoms with Crippen molar-refractivity contribution in [3.8, 4) is 0 Å². The van der Waals surface area contributed by atoms with Crippen molar-refractivity contribution in [1.82, 2.24) is 15.1 Å². The Hall–Kier alpha value is -0.120. The predicted octanol–water partition coefficient (Wildman–Crippen LogP) is 2.57. The topological polar surface area (TPSA) is 18.5 Å². The van der Waals surface area contributed by atoms with E-state index in [0.29, 0.717) is 0 Å². The molecule has 2 atom stereocenters. The first-order valence-corrected chi connectivity index (χ1v) is 8.82. The van der Waals surface area contributed by atoms with Crippen LogP contribution in [-0.4, -0.2) is 61.7 Å². The SMILES string of the molecule is CC(C)CNCC1CCCN1CCC1CCCCN1C. The Labute approximate surface area is 126 Å². The molecule has 0 spiro atoms. The lowest BCUT2D eigenvalue weighted by molar-refractivity contribution is 0.149. The van der Waals surface area contributed by atoms with Crippen LogP contribution < -0.4 is 5.32 Å². The second-order valence-corrected chi connectivity index (χ2v) is 7.30. The minimum Gasteiger partial charge on any atom is -0.315 e. The molecule has 2 aliphatic heterocycles. The molecule has 3 heteroatoms. The van der Waals surface area contributed by atoms with Gasteiger partial charge in [0, 0.05) is 18.6 Å². The number of nitrogens with one attached hydrogen (secondary N) is 1. The molecule has 20 heavy (non-hydrogen) atoms. The van der Waals surface area contributed by atoms with Crippen LogP contribution in [0.3, 0.4) is 0 Å². The molecule has 0 saturated carbocycles. The first-order valence-electron chi connectivity index (χ1n) is 8.82. The van der Waals surface area contributed by atoms with E-state index in [1.807, 2.05) is 0 Å². The molecular formula is C17H35N3. The van der Waals surface area contributed by atoms with Gasteiger partial charge in [-0.05, 0) is 71.2 Å². The minimum absolute atomic E-state index is 0.765. The highest BCUT2D eigenvalue weighted by Crippen LogP contribution is 2.21. The van der Waals surface area contributed by atoms with E-state index in [-0.39, 0.29) is 0 Å². The summed E-state index contributed by atoms with van der Waals surface area (Å²) >= 11 is 0. The zero-order chi connectivity index (χ0) is 14.4. The maximum absolute atomic E-state index is 3.65. The summed E-state index contributed by atoms with van der Waals surface area (Å²) < 4.78 is 0. The van der Waals surface area contributed by atoms with Crippen molar-refractivity contribution in [2.24, 2.45) is 5.92 Å². The van der Waals surface area contributed by atoms with Gasteiger partial charge in [-0.2, -0.15) is 0 Å². The summed E-state index contributed by atoms with van der Waals surface area (Å²) in [5, 5.41) is 3.65. The van der Waals surface area contributed by atoms with Crippen LogP contribution in [0.15, 0.2) is 0 Å². The quantitative estimate of drug-likeness (QED) is 0.774. The monoisotopic (exact) mass is 281 g/mol. The first-order chi connectivity index (χ1) is 9.66. The highest BCUT2D eigenvalue weighted by Gasteiger charge is 2.26. The van der Waals surface area contributed by atoms with Crippen molar-refractivity contribution < 1.29 is 0 Å². The number of likely N-dealkylation sites (tertiary alicyclic amines) is 2. The molecule has 0 radical (unpaired) electrons. The van der Waals surface area contributed by atoms with E-state index in [9.17, 15) is 0 Å². The van der Waals surface area contributed by atoms with Gasteiger partial charge in [0.05, 0.1) is 0 Å². The van der Waals surface area contributed by atoms with E-state index in [0.717, 1.165) is 24.5 Å². The molecule has 2 fully saturated rings. The van der Waals surface area contributed by atoms with Gasteiger partial charge in [-0.15, -0.1) is 0 Å². The summed E-state index contributed by atoms with van der Waals surface area (Å²) in [4.78, 5) is 5.33. The Bertz CT molecular complexity index is 267. The molecule has 0 aliphatic carbocycles. The van der Waals surface area contributed by atoms with E-state index in [4.69, 9.17) is 0 Å². The lowest BCUT2D eigenvalue weighted by Gasteiger charge is -2.34. The third kappa shape index (κ3) is 5.01. The third-order valence-corrected chi connectivity index (χ3v) is 5.10. The lowest BCUT2D eigenvalue weighted by Crippen LogP contribution is -2.43. The van der Waals surface area contributed by atoms with Crippen LogP contribution >= 0.6 is 0 Å². The summed E-state index contributed by atoms with van der Waals surface area (Å²) in [5.41, 5.74) is 0. The molecule has 2 saturated heterocycles. The Morgan fingerprint density at radius 1 is 1.05 bits per heavy atom. The smallest absolute Gasteiger partial charge is 0.0221 e. The third-order valence-electron chi connectivity index (χ3n) is 5.10. The van der Waals surface area contributed by atoms with Crippen molar-refractivity contribution in [2.75, 3.05) is 39.8 Å².